The Morgan fingerprint density at radius 1 is 1.29 bits per heavy atom. The number of carbonyl (C=O) groups excluding carboxylic acids is 1. The lowest BCUT2D eigenvalue weighted by Gasteiger charge is -2.16. The minimum Gasteiger partial charge on any atom is -0.508 e. The molecule has 0 fully saturated rings. The van der Waals surface area contributed by atoms with Gasteiger partial charge in [0.2, 0.25) is 0 Å². The highest BCUT2D eigenvalue weighted by atomic mass is 32.1. The van der Waals surface area contributed by atoms with Gasteiger partial charge >= 0.3 is 0 Å². The molecule has 0 atom stereocenters. The average Bonchev–Trinajstić information content (AvgIpc) is 2.82. The Kier molecular flexibility index (Phi) is 3.44. The molecule has 1 aromatic carbocycles. The minimum absolute atomic E-state index is 0.0452. The predicted molar refractivity (Wildman–Crippen MR) is 68.2 cm³/mol. The molecular weight excluding hydrogens is 234 g/mol. The molecule has 1 amide bonds. The van der Waals surface area contributed by atoms with Crippen molar-refractivity contribution in [3.63, 3.8) is 0 Å². The van der Waals surface area contributed by atoms with E-state index in [1.54, 1.807) is 35.4 Å². The van der Waals surface area contributed by atoms with Crippen LogP contribution < -0.4 is 0 Å². The predicted octanol–water partition coefficient (Wildman–Crippen LogP) is 2.73. The molecule has 0 spiro atoms. The molecule has 1 N–H and O–H groups in total. The molecule has 0 saturated heterocycles. The van der Waals surface area contributed by atoms with Crippen molar-refractivity contribution >= 4 is 17.2 Å². The maximum atomic E-state index is 12.0. The summed E-state index contributed by atoms with van der Waals surface area (Å²) in [6.45, 7) is 0.600. The van der Waals surface area contributed by atoms with Crippen LogP contribution in [-0.4, -0.2) is 23.0 Å². The van der Waals surface area contributed by atoms with E-state index in [9.17, 15) is 4.79 Å². The van der Waals surface area contributed by atoms with Crippen molar-refractivity contribution in [2.75, 3.05) is 7.05 Å². The Morgan fingerprint density at radius 2 is 2.00 bits per heavy atom. The average molecular weight is 247 g/mol. The van der Waals surface area contributed by atoms with Crippen molar-refractivity contribution < 1.29 is 9.90 Å². The fourth-order valence-electron chi connectivity index (χ4n) is 1.55. The fraction of sp³-hybridized carbons (Fsp3) is 0.154. The number of carbonyl (C=O) groups is 1. The van der Waals surface area contributed by atoms with Crippen molar-refractivity contribution in [1.82, 2.24) is 4.90 Å². The number of nitrogens with zero attached hydrogens (tertiary/aromatic N) is 1. The van der Waals surface area contributed by atoms with E-state index in [4.69, 9.17) is 5.11 Å². The number of phenols is 1. The summed E-state index contributed by atoms with van der Waals surface area (Å²) in [5.41, 5.74) is 1.71. The van der Waals surface area contributed by atoms with E-state index in [2.05, 4.69) is 0 Å². The summed E-state index contributed by atoms with van der Waals surface area (Å²) in [6, 6.07) is 8.30. The molecule has 0 aliphatic heterocycles. The highest BCUT2D eigenvalue weighted by Crippen LogP contribution is 2.13. The fourth-order valence-corrected chi connectivity index (χ4v) is 2.21. The van der Waals surface area contributed by atoms with Gasteiger partial charge in [-0.15, -0.1) is 0 Å². The highest BCUT2D eigenvalue weighted by molar-refractivity contribution is 7.07. The van der Waals surface area contributed by atoms with Gasteiger partial charge < -0.3 is 10.0 Å². The van der Waals surface area contributed by atoms with E-state index >= 15 is 0 Å². The molecule has 2 aromatic rings. The van der Waals surface area contributed by atoms with Gasteiger partial charge in [0.25, 0.3) is 5.91 Å². The first-order valence-corrected chi connectivity index (χ1v) is 6.16. The van der Waals surface area contributed by atoms with Crippen molar-refractivity contribution in [3.05, 3.63) is 52.2 Å². The van der Waals surface area contributed by atoms with Crippen LogP contribution in [0.4, 0.5) is 0 Å². The zero-order valence-electron chi connectivity index (χ0n) is 9.46. The first-order valence-electron chi connectivity index (χ1n) is 5.22. The van der Waals surface area contributed by atoms with Crippen LogP contribution in [0, 0.1) is 0 Å². The number of hydrogen-bond acceptors (Lipinski definition) is 3. The molecule has 4 heteroatoms. The van der Waals surface area contributed by atoms with Gasteiger partial charge in [0.1, 0.15) is 5.75 Å². The second-order valence-corrected chi connectivity index (χ2v) is 4.62. The van der Waals surface area contributed by atoms with E-state index in [1.807, 2.05) is 16.8 Å². The lowest BCUT2D eigenvalue weighted by Crippen LogP contribution is -2.25. The zero-order chi connectivity index (χ0) is 12.3. The molecule has 0 unspecified atom stereocenters. The summed E-state index contributed by atoms with van der Waals surface area (Å²) in [7, 11) is 1.77. The van der Waals surface area contributed by atoms with E-state index < -0.39 is 0 Å². The number of hydrogen-bond donors (Lipinski definition) is 1. The quantitative estimate of drug-likeness (QED) is 0.906. The molecule has 0 aliphatic carbocycles. The molecule has 0 bridgehead atoms. The molecular formula is C13H13NO2S. The Morgan fingerprint density at radius 3 is 2.59 bits per heavy atom. The lowest BCUT2D eigenvalue weighted by molar-refractivity contribution is 0.0785. The third-order valence-corrected chi connectivity index (χ3v) is 3.19. The molecule has 0 aliphatic rings. The van der Waals surface area contributed by atoms with Crippen LogP contribution in [0.25, 0.3) is 0 Å². The van der Waals surface area contributed by atoms with Crippen LogP contribution in [0.5, 0.6) is 5.75 Å². The first kappa shape index (κ1) is 11.7. The Labute approximate surface area is 104 Å². The molecule has 88 valence electrons. The summed E-state index contributed by atoms with van der Waals surface area (Å²) in [4.78, 5) is 13.7. The van der Waals surface area contributed by atoms with E-state index in [1.165, 1.54) is 12.1 Å². The summed E-state index contributed by atoms with van der Waals surface area (Å²) in [6.07, 6.45) is 0. The summed E-state index contributed by atoms with van der Waals surface area (Å²) < 4.78 is 0. The number of thiophene rings is 1. The van der Waals surface area contributed by atoms with Crippen molar-refractivity contribution in [2.24, 2.45) is 0 Å². The Balaban J connectivity index is 2.07. The summed E-state index contributed by atoms with van der Waals surface area (Å²) in [5.74, 6) is 0.123. The van der Waals surface area contributed by atoms with Crippen LogP contribution in [-0.2, 0) is 6.54 Å². The van der Waals surface area contributed by atoms with E-state index in [0.29, 0.717) is 12.1 Å². The van der Waals surface area contributed by atoms with Crippen LogP contribution in [0.3, 0.4) is 0 Å². The molecule has 3 nitrogen and oxygen atoms in total. The van der Waals surface area contributed by atoms with Crippen LogP contribution in [0.15, 0.2) is 41.1 Å². The zero-order valence-corrected chi connectivity index (χ0v) is 10.3. The van der Waals surface area contributed by atoms with Gasteiger partial charge in [0.05, 0.1) is 0 Å². The number of phenolic OH excluding ortho intramolecular Hbond substituents is 1. The Hall–Kier alpha value is -1.81. The van der Waals surface area contributed by atoms with Gasteiger partial charge in [-0.1, -0.05) is 0 Å². The topological polar surface area (TPSA) is 40.5 Å². The maximum absolute atomic E-state index is 12.0. The number of aromatic hydroxyl groups is 1. The second kappa shape index (κ2) is 5.01. The van der Waals surface area contributed by atoms with Crippen LogP contribution >= 0.6 is 11.3 Å². The summed E-state index contributed by atoms with van der Waals surface area (Å²) in [5, 5.41) is 13.2. The third-order valence-electron chi connectivity index (χ3n) is 2.46. The van der Waals surface area contributed by atoms with E-state index in [0.717, 1.165) is 5.56 Å². The second-order valence-electron chi connectivity index (χ2n) is 3.84. The summed E-state index contributed by atoms with van der Waals surface area (Å²) >= 11 is 1.62. The largest absolute Gasteiger partial charge is 0.508 e. The number of rotatable bonds is 3. The first-order chi connectivity index (χ1) is 8.16. The molecule has 2 rings (SSSR count). The van der Waals surface area contributed by atoms with Crippen LogP contribution in [0.2, 0.25) is 0 Å². The highest BCUT2D eigenvalue weighted by Gasteiger charge is 2.11. The molecule has 0 saturated carbocycles. The van der Waals surface area contributed by atoms with Crippen LogP contribution in [0.1, 0.15) is 15.9 Å². The van der Waals surface area contributed by atoms with E-state index in [-0.39, 0.29) is 11.7 Å². The lowest BCUT2D eigenvalue weighted by atomic mass is 10.2. The smallest absolute Gasteiger partial charge is 0.253 e. The van der Waals surface area contributed by atoms with Crippen molar-refractivity contribution in [1.29, 1.82) is 0 Å². The van der Waals surface area contributed by atoms with Gasteiger partial charge in [0.15, 0.2) is 0 Å². The van der Waals surface area contributed by atoms with Gasteiger partial charge in [-0.05, 0) is 46.7 Å². The minimum atomic E-state index is -0.0452. The third kappa shape index (κ3) is 2.85. The number of amides is 1. The van der Waals surface area contributed by atoms with Gasteiger partial charge in [-0.25, -0.2) is 0 Å². The standard InChI is InChI=1S/C13H13NO2S/c1-14(8-10-6-7-17-9-10)13(16)11-2-4-12(15)5-3-11/h2-7,9,15H,8H2,1H3. The Bertz CT molecular complexity index is 491. The number of benzene rings is 1. The van der Waals surface area contributed by atoms with Crippen molar-refractivity contribution in [2.45, 2.75) is 6.54 Å². The van der Waals surface area contributed by atoms with Gasteiger partial charge in [0, 0.05) is 19.2 Å². The van der Waals surface area contributed by atoms with Gasteiger partial charge in [-0.2, -0.15) is 11.3 Å². The monoisotopic (exact) mass is 247 g/mol. The molecule has 1 heterocycles. The molecule has 17 heavy (non-hydrogen) atoms. The normalized spacial score (nSPS) is 10.2. The maximum Gasteiger partial charge on any atom is 0.253 e. The van der Waals surface area contributed by atoms with Crippen molar-refractivity contribution in [3.8, 4) is 5.75 Å². The SMILES string of the molecule is CN(Cc1ccsc1)C(=O)c1ccc(O)cc1. The molecule has 1 aromatic heterocycles. The molecule has 0 radical (unpaired) electrons. The van der Waals surface area contributed by atoms with Gasteiger partial charge in [-0.3, -0.25) is 4.79 Å².